The number of benzene rings is 3. The summed E-state index contributed by atoms with van der Waals surface area (Å²) in [6.45, 7) is 8.05. The number of aryl methyl sites for hydroxylation is 1. The molecule has 0 saturated carbocycles. The highest BCUT2D eigenvalue weighted by Gasteiger charge is 2.15. The van der Waals surface area contributed by atoms with Crippen LogP contribution in [0.25, 0.3) is 22.4 Å². The van der Waals surface area contributed by atoms with Crippen LogP contribution in [0, 0.1) is 6.92 Å². The summed E-state index contributed by atoms with van der Waals surface area (Å²) in [5, 5.41) is 0. The Morgan fingerprint density at radius 3 is 2.59 bits per heavy atom. The van der Waals surface area contributed by atoms with Crippen LogP contribution in [0.4, 0.5) is 0 Å². The average molecular weight is 428 g/mol. The summed E-state index contributed by atoms with van der Waals surface area (Å²) in [5.41, 5.74) is 5.69. The predicted octanol–water partition coefficient (Wildman–Crippen LogP) is 4.77. The van der Waals surface area contributed by atoms with Gasteiger partial charge in [0.25, 0.3) is 0 Å². The molecular weight excluding hydrogens is 398 g/mol. The predicted molar refractivity (Wildman–Crippen MR) is 128 cm³/mol. The third kappa shape index (κ3) is 4.69. The first-order chi connectivity index (χ1) is 15.8. The van der Waals surface area contributed by atoms with Gasteiger partial charge >= 0.3 is 0 Å². The van der Waals surface area contributed by atoms with Gasteiger partial charge in [-0.15, -0.1) is 0 Å². The summed E-state index contributed by atoms with van der Waals surface area (Å²) in [4.78, 5) is 7.39. The van der Waals surface area contributed by atoms with Gasteiger partial charge in [0, 0.05) is 37.8 Å². The van der Waals surface area contributed by atoms with Gasteiger partial charge in [0.2, 0.25) is 0 Å². The van der Waals surface area contributed by atoms with E-state index in [0.717, 1.165) is 67.6 Å². The molecule has 0 unspecified atom stereocenters. The second kappa shape index (κ2) is 9.55. The molecule has 32 heavy (non-hydrogen) atoms. The van der Waals surface area contributed by atoms with E-state index in [1.807, 2.05) is 6.07 Å². The van der Waals surface area contributed by atoms with Gasteiger partial charge in [-0.1, -0.05) is 54.1 Å². The topological polar surface area (TPSA) is 39.5 Å². The van der Waals surface area contributed by atoms with Crippen molar-refractivity contribution in [2.45, 2.75) is 13.5 Å². The van der Waals surface area contributed by atoms with Crippen LogP contribution in [0.2, 0.25) is 0 Å². The van der Waals surface area contributed by atoms with Crippen molar-refractivity contribution < 1.29 is 9.47 Å². The lowest BCUT2D eigenvalue weighted by Gasteiger charge is -2.26. The first kappa shape index (κ1) is 20.7. The van der Waals surface area contributed by atoms with Crippen LogP contribution in [-0.4, -0.2) is 53.9 Å². The molecule has 4 aromatic rings. The van der Waals surface area contributed by atoms with Crippen LogP contribution in [0.15, 0.2) is 72.8 Å². The van der Waals surface area contributed by atoms with Crippen molar-refractivity contribution >= 4 is 11.0 Å². The highest BCUT2D eigenvalue weighted by atomic mass is 16.5. The highest BCUT2D eigenvalue weighted by molar-refractivity contribution is 5.82. The van der Waals surface area contributed by atoms with Crippen LogP contribution in [0.5, 0.6) is 5.75 Å². The number of imidazole rings is 1. The van der Waals surface area contributed by atoms with Crippen LogP contribution in [0.3, 0.4) is 0 Å². The SMILES string of the molecule is Cc1cccc(-c2nc3ccc(OCCN4CCOCC4)cc3n2Cc2ccccc2)c1. The molecule has 3 aromatic carbocycles. The first-order valence-corrected chi connectivity index (χ1v) is 11.3. The van der Waals surface area contributed by atoms with E-state index >= 15 is 0 Å². The molecular formula is C27H29N3O2. The molecule has 164 valence electrons. The standard InChI is InChI=1S/C27H29N3O2/c1-21-6-5-9-23(18-21)27-28-25-11-10-24(32-17-14-29-12-15-31-16-13-29)19-26(25)30(27)20-22-7-3-2-4-8-22/h2-11,18-19H,12-17,20H2,1H3. The van der Waals surface area contributed by atoms with Gasteiger partial charge in [-0.05, 0) is 30.7 Å². The maximum Gasteiger partial charge on any atom is 0.141 e. The molecule has 1 aliphatic rings. The molecule has 2 heterocycles. The number of morpholine rings is 1. The number of nitrogens with zero attached hydrogens (tertiary/aromatic N) is 3. The van der Waals surface area contributed by atoms with Gasteiger partial charge in [-0.2, -0.15) is 0 Å². The lowest BCUT2D eigenvalue weighted by molar-refractivity contribution is 0.0322. The van der Waals surface area contributed by atoms with Crippen molar-refractivity contribution in [3.8, 4) is 17.1 Å². The Morgan fingerprint density at radius 1 is 0.938 bits per heavy atom. The van der Waals surface area contributed by atoms with E-state index in [-0.39, 0.29) is 0 Å². The number of rotatable bonds is 7. The molecule has 5 nitrogen and oxygen atoms in total. The minimum atomic E-state index is 0.670. The van der Waals surface area contributed by atoms with E-state index < -0.39 is 0 Å². The first-order valence-electron chi connectivity index (χ1n) is 11.3. The van der Waals surface area contributed by atoms with Crippen molar-refractivity contribution in [1.29, 1.82) is 0 Å². The second-order valence-corrected chi connectivity index (χ2v) is 8.33. The summed E-state index contributed by atoms with van der Waals surface area (Å²) in [6.07, 6.45) is 0. The number of fused-ring (bicyclic) bond motifs is 1. The van der Waals surface area contributed by atoms with Crippen molar-refractivity contribution in [1.82, 2.24) is 14.5 Å². The zero-order valence-corrected chi connectivity index (χ0v) is 18.5. The Morgan fingerprint density at radius 2 is 1.78 bits per heavy atom. The van der Waals surface area contributed by atoms with Gasteiger partial charge in [0.15, 0.2) is 0 Å². The van der Waals surface area contributed by atoms with Crippen molar-refractivity contribution in [3.63, 3.8) is 0 Å². The average Bonchev–Trinajstić information content (AvgIpc) is 3.18. The molecule has 1 saturated heterocycles. The summed E-state index contributed by atoms with van der Waals surface area (Å²) in [7, 11) is 0. The van der Waals surface area contributed by atoms with Crippen LogP contribution in [-0.2, 0) is 11.3 Å². The van der Waals surface area contributed by atoms with Gasteiger partial charge in [0.1, 0.15) is 18.2 Å². The Balaban J connectivity index is 1.45. The number of aromatic nitrogens is 2. The fourth-order valence-electron chi connectivity index (χ4n) is 4.24. The van der Waals surface area contributed by atoms with Crippen LogP contribution in [0.1, 0.15) is 11.1 Å². The smallest absolute Gasteiger partial charge is 0.141 e. The number of hydrogen-bond acceptors (Lipinski definition) is 4. The normalized spacial score (nSPS) is 14.7. The Hall–Kier alpha value is -3.15. The van der Waals surface area contributed by atoms with Gasteiger partial charge in [-0.25, -0.2) is 4.98 Å². The zero-order valence-electron chi connectivity index (χ0n) is 18.5. The molecule has 1 aliphatic heterocycles. The van der Waals surface area contributed by atoms with Crippen LogP contribution >= 0.6 is 0 Å². The summed E-state index contributed by atoms with van der Waals surface area (Å²) < 4.78 is 13.9. The van der Waals surface area contributed by atoms with E-state index in [1.165, 1.54) is 11.1 Å². The molecule has 5 rings (SSSR count). The van der Waals surface area contributed by atoms with E-state index in [9.17, 15) is 0 Å². The molecule has 5 heteroatoms. The maximum absolute atomic E-state index is 6.13. The molecule has 1 aromatic heterocycles. The molecule has 0 spiro atoms. The van der Waals surface area contributed by atoms with Gasteiger partial charge in [-0.3, -0.25) is 4.90 Å². The lowest BCUT2D eigenvalue weighted by atomic mass is 10.1. The van der Waals surface area contributed by atoms with Crippen molar-refractivity contribution in [2.75, 3.05) is 39.5 Å². The van der Waals surface area contributed by atoms with Crippen molar-refractivity contribution in [3.05, 3.63) is 83.9 Å². The quantitative estimate of drug-likeness (QED) is 0.426. The van der Waals surface area contributed by atoms with Crippen molar-refractivity contribution in [2.24, 2.45) is 0 Å². The van der Waals surface area contributed by atoms with Gasteiger partial charge < -0.3 is 14.0 Å². The molecule has 0 aliphatic carbocycles. The molecule has 0 radical (unpaired) electrons. The molecule has 0 bridgehead atoms. The molecule has 0 N–H and O–H groups in total. The number of ether oxygens (including phenoxy) is 2. The summed E-state index contributed by atoms with van der Waals surface area (Å²) in [5.74, 6) is 1.87. The molecule has 1 fully saturated rings. The molecule has 0 atom stereocenters. The fraction of sp³-hybridized carbons (Fsp3) is 0.296. The Bertz CT molecular complexity index is 1180. The molecule has 0 amide bonds. The van der Waals surface area contributed by atoms with Crippen LogP contribution < -0.4 is 4.74 Å². The largest absolute Gasteiger partial charge is 0.492 e. The third-order valence-corrected chi connectivity index (χ3v) is 5.96. The zero-order chi connectivity index (χ0) is 21.8. The van der Waals surface area contributed by atoms with Gasteiger partial charge in [0.05, 0.1) is 24.2 Å². The maximum atomic E-state index is 6.13. The Labute approximate surface area is 189 Å². The lowest BCUT2D eigenvalue weighted by Crippen LogP contribution is -2.38. The Kier molecular flexibility index (Phi) is 6.19. The highest BCUT2D eigenvalue weighted by Crippen LogP contribution is 2.29. The minimum absolute atomic E-state index is 0.670. The third-order valence-electron chi connectivity index (χ3n) is 5.96. The second-order valence-electron chi connectivity index (χ2n) is 8.33. The van der Waals surface area contributed by atoms with E-state index in [1.54, 1.807) is 0 Å². The van der Waals surface area contributed by atoms with E-state index in [2.05, 4.69) is 83.1 Å². The minimum Gasteiger partial charge on any atom is -0.492 e. The van der Waals surface area contributed by atoms with E-state index in [0.29, 0.717) is 6.61 Å². The summed E-state index contributed by atoms with van der Waals surface area (Å²) >= 11 is 0. The fourth-order valence-corrected chi connectivity index (χ4v) is 4.24. The number of hydrogen-bond donors (Lipinski definition) is 0. The van der Waals surface area contributed by atoms with E-state index in [4.69, 9.17) is 14.5 Å². The monoisotopic (exact) mass is 427 g/mol. The summed E-state index contributed by atoms with van der Waals surface area (Å²) in [6, 6.07) is 25.3.